The van der Waals surface area contributed by atoms with Crippen molar-refractivity contribution in [3.8, 4) is 0 Å². The fourth-order valence-electron chi connectivity index (χ4n) is 0.239. The van der Waals surface area contributed by atoms with Crippen LogP contribution < -0.4 is 5.32 Å². The summed E-state index contributed by atoms with van der Waals surface area (Å²) in [5.74, 6) is -0.178. The summed E-state index contributed by atoms with van der Waals surface area (Å²) in [4.78, 5) is 10.5. The molecule has 0 aromatic rings. The molecule has 0 aromatic carbocycles. The summed E-state index contributed by atoms with van der Waals surface area (Å²) in [5.41, 5.74) is 0. The summed E-state index contributed by atoms with van der Waals surface area (Å²) < 4.78 is 0.618. The molecule has 1 amide bonds. The monoisotopic (exact) mass is 238 g/mol. The number of carbonyl (C=O) groups excluding carboxylic acids is 1. The van der Waals surface area contributed by atoms with E-state index < -0.39 is 0 Å². The van der Waals surface area contributed by atoms with Gasteiger partial charge in [0.1, 0.15) is 0 Å². The van der Waals surface area contributed by atoms with Crippen LogP contribution in [0.5, 0.6) is 0 Å². The van der Waals surface area contributed by atoms with Gasteiger partial charge in [0, 0.05) is 22.9 Å². The molecule has 0 aliphatic heterocycles. The van der Waals surface area contributed by atoms with Crippen molar-refractivity contribution in [3.05, 3.63) is 9.66 Å². The lowest BCUT2D eigenvalue weighted by molar-refractivity contribution is -0.116. The lowest BCUT2D eigenvalue weighted by Gasteiger charge is -1.88. The number of allylic oxidation sites excluding steroid dienone is 1. The molecule has 0 radical (unpaired) electrons. The Morgan fingerprint density at radius 2 is 2.33 bits per heavy atom. The summed E-state index contributed by atoms with van der Waals surface area (Å²) in [6.45, 7) is 0. The molecule has 2 N–H and O–H groups in total. The Labute approximate surface area is 67.2 Å². The van der Waals surface area contributed by atoms with Crippen molar-refractivity contribution in [2.45, 2.75) is 0 Å². The van der Waals surface area contributed by atoms with Crippen LogP contribution >= 0.6 is 22.6 Å². The van der Waals surface area contributed by atoms with E-state index in [1.54, 1.807) is 7.05 Å². The average Bonchev–Trinajstić information content (AvgIpc) is 1.87. The predicted octanol–water partition coefficient (Wildman–Crippen LogP) is 0.701. The lowest BCUT2D eigenvalue weighted by atomic mass is 10.5. The predicted molar refractivity (Wildman–Crippen MR) is 45.0 cm³/mol. The van der Waals surface area contributed by atoms with E-state index in [9.17, 15) is 4.79 Å². The zero-order valence-electron chi connectivity index (χ0n) is 4.94. The van der Waals surface area contributed by atoms with Crippen LogP contribution in [0.3, 0.4) is 0 Å². The Balaban J connectivity index is 3.94. The van der Waals surface area contributed by atoms with E-state index >= 15 is 0 Å². The zero-order valence-corrected chi connectivity index (χ0v) is 7.10. The number of nitrogens with one attached hydrogen (secondary N) is 2. The quantitative estimate of drug-likeness (QED) is 0.415. The minimum absolute atomic E-state index is 0.178. The van der Waals surface area contributed by atoms with Gasteiger partial charge in [-0.3, -0.25) is 4.79 Å². The van der Waals surface area contributed by atoms with Crippen molar-refractivity contribution < 1.29 is 4.79 Å². The van der Waals surface area contributed by atoms with Crippen LogP contribution in [-0.4, -0.2) is 19.2 Å². The summed E-state index contributed by atoms with van der Waals surface area (Å²) >= 11 is 1.90. The molecule has 0 aliphatic rings. The van der Waals surface area contributed by atoms with Gasteiger partial charge in [-0.1, -0.05) is 0 Å². The van der Waals surface area contributed by atoms with E-state index in [-0.39, 0.29) is 5.91 Å². The minimum atomic E-state index is -0.178. The van der Waals surface area contributed by atoms with Crippen LogP contribution in [0.2, 0.25) is 0 Å². The number of rotatable bonds is 2. The molecule has 0 fully saturated rings. The Bertz CT molecular complexity index is 153. The summed E-state index contributed by atoms with van der Waals surface area (Å²) in [6.07, 6.45) is 2.48. The highest BCUT2D eigenvalue weighted by molar-refractivity contribution is 14.1. The highest BCUT2D eigenvalue weighted by Gasteiger charge is 1.90. The van der Waals surface area contributed by atoms with Crippen molar-refractivity contribution in [2.24, 2.45) is 0 Å². The van der Waals surface area contributed by atoms with Gasteiger partial charge in [0.2, 0.25) is 5.91 Å². The fourth-order valence-corrected chi connectivity index (χ4v) is 0.522. The van der Waals surface area contributed by atoms with Crippen molar-refractivity contribution in [3.63, 3.8) is 0 Å². The molecule has 0 aliphatic carbocycles. The Morgan fingerprint density at radius 3 is 2.67 bits per heavy atom. The van der Waals surface area contributed by atoms with Crippen LogP contribution in [0.4, 0.5) is 0 Å². The summed E-state index contributed by atoms with van der Waals surface area (Å²) in [6, 6.07) is 0. The zero-order chi connectivity index (χ0) is 7.28. The standard InChI is InChI=1S/C5H7IN2O/c1-8-5(9)2-4(6)3-7/h2-3,7H,1H3,(H,8,9)/b4-2+,7-3?. The molecule has 0 atom stereocenters. The molecular weight excluding hydrogens is 231 g/mol. The van der Waals surface area contributed by atoms with Crippen molar-refractivity contribution in [2.75, 3.05) is 7.05 Å². The summed E-state index contributed by atoms with van der Waals surface area (Å²) in [7, 11) is 1.55. The molecule has 9 heavy (non-hydrogen) atoms. The Morgan fingerprint density at radius 1 is 1.78 bits per heavy atom. The van der Waals surface area contributed by atoms with Gasteiger partial charge >= 0.3 is 0 Å². The first-order valence-electron chi connectivity index (χ1n) is 2.30. The van der Waals surface area contributed by atoms with E-state index in [2.05, 4.69) is 5.32 Å². The largest absolute Gasteiger partial charge is 0.356 e. The molecule has 3 nitrogen and oxygen atoms in total. The van der Waals surface area contributed by atoms with Gasteiger partial charge in [-0.25, -0.2) is 0 Å². The molecule has 0 spiro atoms. The van der Waals surface area contributed by atoms with Crippen LogP contribution in [0.15, 0.2) is 9.66 Å². The van der Waals surface area contributed by atoms with Gasteiger partial charge in [-0.05, 0) is 22.6 Å². The first-order valence-corrected chi connectivity index (χ1v) is 3.38. The van der Waals surface area contributed by atoms with Crippen molar-refractivity contribution in [1.29, 1.82) is 5.41 Å². The molecule has 0 unspecified atom stereocenters. The van der Waals surface area contributed by atoms with Crippen LogP contribution in [0, 0.1) is 5.41 Å². The van der Waals surface area contributed by atoms with E-state index in [1.165, 1.54) is 6.08 Å². The van der Waals surface area contributed by atoms with Gasteiger partial charge in [0.05, 0.1) is 0 Å². The maximum Gasteiger partial charge on any atom is 0.244 e. The average molecular weight is 238 g/mol. The topological polar surface area (TPSA) is 53.0 Å². The first-order chi connectivity index (χ1) is 4.20. The SMILES string of the molecule is CNC(=O)/C=C(/I)C=N. The molecule has 0 saturated carbocycles. The highest BCUT2D eigenvalue weighted by Crippen LogP contribution is 1.99. The van der Waals surface area contributed by atoms with E-state index in [1.807, 2.05) is 22.6 Å². The Hall–Kier alpha value is -0.390. The maximum absolute atomic E-state index is 10.5. The maximum atomic E-state index is 10.5. The van der Waals surface area contributed by atoms with Gasteiger partial charge < -0.3 is 10.7 Å². The second-order valence-electron chi connectivity index (χ2n) is 1.29. The highest BCUT2D eigenvalue weighted by atomic mass is 127. The van der Waals surface area contributed by atoms with Crippen LogP contribution in [0.1, 0.15) is 0 Å². The van der Waals surface area contributed by atoms with Gasteiger partial charge in [-0.2, -0.15) is 0 Å². The molecule has 0 rings (SSSR count). The molecule has 4 heteroatoms. The molecule has 0 aromatic heterocycles. The number of amides is 1. The Kier molecular flexibility index (Phi) is 4.29. The third-order valence-corrected chi connectivity index (χ3v) is 1.28. The number of hydrogen-bond acceptors (Lipinski definition) is 2. The third-order valence-electron chi connectivity index (χ3n) is 0.653. The van der Waals surface area contributed by atoms with Gasteiger partial charge in [-0.15, -0.1) is 0 Å². The second kappa shape index (κ2) is 4.49. The number of hydrogen-bond donors (Lipinski definition) is 2. The third kappa shape index (κ3) is 4.14. The molecule has 50 valence electrons. The minimum Gasteiger partial charge on any atom is -0.356 e. The normalized spacial score (nSPS) is 10.7. The van der Waals surface area contributed by atoms with E-state index in [4.69, 9.17) is 5.41 Å². The number of carbonyl (C=O) groups is 1. The summed E-state index contributed by atoms with van der Waals surface area (Å²) in [5, 5.41) is 9.10. The fraction of sp³-hybridized carbons (Fsp3) is 0.200. The second-order valence-corrected chi connectivity index (χ2v) is 2.53. The number of halogens is 1. The van der Waals surface area contributed by atoms with E-state index in [0.717, 1.165) is 6.21 Å². The molecule has 0 bridgehead atoms. The number of likely N-dealkylation sites (N-methyl/N-ethyl adjacent to an activating group) is 1. The van der Waals surface area contributed by atoms with Gasteiger partial charge in [0.25, 0.3) is 0 Å². The lowest BCUT2D eigenvalue weighted by Crippen LogP contribution is -2.14. The smallest absolute Gasteiger partial charge is 0.244 e. The van der Waals surface area contributed by atoms with Crippen molar-refractivity contribution in [1.82, 2.24) is 5.32 Å². The molecule has 0 saturated heterocycles. The van der Waals surface area contributed by atoms with Crippen LogP contribution in [-0.2, 0) is 4.79 Å². The van der Waals surface area contributed by atoms with Crippen molar-refractivity contribution >= 4 is 34.7 Å². The molecule has 0 heterocycles. The van der Waals surface area contributed by atoms with Crippen LogP contribution in [0.25, 0.3) is 0 Å². The first kappa shape index (κ1) is 8.61. The molecular formula is C5H7IN2O. The van der Waals surface area contributed by atoms with Gasteiger partial charge in [0.15, 0.2) is 0 Å². The van der Waals surface area contributed by atoms with E-state index in [0.29, 0.717) is 3.58 Å².